The largest absolute Gasteiger partial charge is 0.544 e. The van der Waals surface area contributed by atoms with Crippen molar-refractivity contribution in [3.05, 3.63) is 0 Å². The molecule has 1 rings (SSSR count). The summed E-state index contributed by atoms with van der Waals surface area (Å²) < 4.78 is 20.9. The molecule has 0 radical (unpaired) electrons. The molecule has 1 aliphatic rings. The van der Waals surface area contributed by atoms with Gasteiger partial charge in [-0.05, 0) is 12.8 Å². The van der Waals surface area contributed by atoms with Gasteiger partial charge in [-0.3, -0.25) is 0 Å². The summed E-state index contributed by atoms with van der Waals surface area (Å²) in [7, 11) is 2.58. The molecule has 1 heterocycles. The molecule has 6 atom stereocenters. The van der Waals surface area contributed by atoms with Gasteiger partial charge in [-0.15, -0.1) is 0 Å². The standard InChI is InChI=1S/C14H25NO9/c1-21-9-8(16)10(14(22-2)24-11(9)13(19)20)23-6-4-3-5-7(15)12(17)18/h7-11,14,16H,3-6,15H2,1-2H3,(H,17,18)(H,19,20)/t7?,8-,9-,10+,11?,14?/m0/s1. The van der Waals surface area contributed by atoms with Crippen molar-refractivity contribution in [2.24, 2.45) is 0 Å². The molecule has 0 aliphatic carbocycles. The summed E-state index contributed by atoms with van der Waals surface area (Å²) in [5, 5.41) is 30.0. The van der Waals surface area contributed by atoms with Gasteiger partial charge in [0.1, 0.15) is 24.4 Å². The molecule has 0 spiro atoms. The number of rotatable bonds is 10. The summed E-state index contributed by atoms with van der Waals surface area (Å²) in [4.78, 5) is 21.7. The monoisotopic (exact) mass is 351 g/mol. The molecule has 140 valence electrons. The Morgan fingerprint density at radius 1 is 1.25 bits per heavy atom. The lowest BCUT2D eigenvalue weighted by atomic mass is 9.98. The van der Waals surface area contributed by atoms with E-state index < -0.39 is 48.7 Å². The number of carbonyl (C=O) groups is 2. The fraction of sp³-hybridized carbons (Fsp3) is 0.857. The number of aliphatic carboxylic acids is 2. The van der Waals surface area contributed by atoms with Crippen LogP contribution in [-0.2, 0) is 28.5 Å². The average molecular weight is 351 g/mol. The summed E-state index contributed by atoms with van der Waals surface area (Å²) in [6, 6.07) is -0.783. The Balaban J connectivity index is 2.53. The third-order valence-electron chi connectivity index (χ3n) is 3.86. The van der Waals surface area contributed by atoms with Crippen LogP contribution >= 0.6 is 0 Å². The second kappa shape index (κ2) is 9.87. The zero-order valence-electron chi connectivity index (χ0n) is 13.8. The first-order valence-electron chi connectivity index (χ1n) is 7.61. The minimum absolute atomic E-state index is 0.207. The second-order valence-electron chi connectivity index (χ2n) is 5.54. The van der Waals surface area contributed by atoms with Crippen molar-refractivity contribution in [1.29, 1.82) is 0 Å². The number of aliphatic hydroxyl groups excluding tert-OH is 1. The predicted molar refractivity (Wildman–Crippen MR) is 75.4 cm³/mol. The van der Waals surface area contributed by atoms with Gasteiger partial charge in [-0.2, -0.15) is 0 Å². The number of unbranched alkanes of at least 4 members (excludes halogenated alkanes) is 1. The molecule has 1 fully saturated rings. The van der Waals surface area contributed by atoms with Gasteiger partial charge in [-0.25, -0.2) is 4.79 Å². The van der Waals surface area contributed by atoms with Gasteiger partial charge < -0.3 is 44.8 Å². The van der Waals surface area contributed by atoms with Crippen molar-refractivity contribution in [1.82, 2.24) is 0 Å². The van der Waals surface area contributed by atoms with E-state index in [0.717, 1.165) is 0 Å². The number of carboxylic acids is 2. The van der Waals surface area contributed by atoms with Gasteiger partial charge >= 0.3 is 5.97 Å². The van der Waals surface area contributed by atoms with E-state index in [2.05, 4.69) is 5.73 Å². The average Bonchev–Trinajstić information content (AvgIpc) is 2.54. The molecule has 0 aromatic carbocycles. The van der Waals surface area contributed by atoms with Crippen LogP contribution in [0.2, 0.25) is 0 Å². The lowest BCUT2D eigenvalue weighted by molar-refractivity contribution is -0.438. The Morgan fingerprint density at radius 2 is 1.92 bits per heavy atom. The van der Waals surface area contributed by atoms with Crippen molar-refractivity contribution in [3.8, 4) is 0 Å². The Bertz CT molecular complexity index is 419. The molecule has 0 aromatic heterocycles. The zero-order chi connectivity index (χ0) is 18.3. The smallest absolute Gasteiger partial charge is 0.335 e. The molecule has 0 saturated carbocycles. The molecule has 24 heavy (non-hydrogen) atoms. The molecular formula is C14H25NO9. The molecule has 1 saturated heterocycles. The summed E-state index contributed by atoms with van der Waals surface area (Å²) in [6.45, 7) is 0.207. The number of ether oxygens (including phenoxy) is 4. The number of hydrogen-bond acceptors (Lipinski definition) is 8. The quantitative estimate of drug-likeness (QED) is 0.343. The number of carbonyl (C=O) groups excluding carboxylic acids is 1. The fourth-order valence-electron chi connectivity index (χ4n) is 2.49. The van der Waals surface area contributed by atoms with Gasteiger partial charge in [-0.1, -0.05) is 0 Å². The molecular weight excluding hydrogens is 326 g/mol. The maximum Gasteiger partial charge on any atom is 0.335 e. The van der Waals surface area contributed by atoms with E-state index >= 15 is 0 Å². The van der Waals surface area contributed by atoms with Crippen LogP contribution in [0.5, 0.6) is 0 Å². The summed E-state index contributed by atoms with van der Waals surface area (Å²) in [6.07, 6.45) is -4.27. The topological polar surface area (TPSA) is 162 Å². The van der Waals surface area contributed by atoms with Gasteiger partial charge in [0.15, 0.2) is 12.4 Å². The van der Waals surface area contributed by atoms with Crippen molar-refractivity contribution < 1.29 is 49.6 Å². The van der Waals surface area contributed by atoms with Gasteiger partial charge in [0.05, 0.1) is 5.97 Å². The zero-order valence-corrected chi connectivity index (χ0v) is 13.8. The van der Waals surface area contributed by atoms with Crippen LogP contribution in [0.4, 0.5) is 0 Å². The van der Waals surface area contributed by atoms with Crippen molar-refractivity contribution in [2.45, 2.75) is 56.0 Å². The Labute approximate surface area is 139 Å². The molecule has 3 unspecified atom stereocenters. The predicted octanol–water partition coefficient (Wildman–Crippen LogP) is -3.27. The first-order valence-corrected chi connectivity index (χ1v) is 7.61. The highest BCUT2D eigenvalue weighted by Crippen LogP contribution is 2.26. The van der Waals surface area contributed by atoms with E-state index in [9.17, 15) is 19.8 Å². The van der Waals surface area contributed by atoms with E-state index in [-0.39, 0.29) is 6.61 Å². The number of hydrogen-bond donors (Lipinski definition) is 3. The fourth-order valence-corrected chi connectivity index (χ4v) is 2.49. The number of carboxylic acid groups (broad SMARTS) is 2. The van der Waals surface area contributed by atoms with Crippen molar-refractivity contribution >= 4 is 11.9 Å². The van der Waals surface area contributed by atoms with E-state index in [1.54, 1.807) is 0 Å². The van der Waals surface area contributed by atoms with Crippen molar-refractivity contribution in [3.63, 3.8) is 0 Å². The lowest BCUT2D eigenvalue weighted by Gasteiger charge is -2.41. The highest BCUT2D eigenvalue weighted by Gasteiger charge is 2.49. The third-order valence-corrected chi connectivity index (χ3v) is 3.86. The summed E-state index contributed by atoms with van der Waals surface area (Å²) in [5.74, 6) is -2.47. The van der Waals surface area contributed by atoms with Crippen LogP contribution in [0.3, 0.4) is 0 Å². The van der Waals surface area contributed by atoms with Crippen LogP contribution in [0, 0.1) is 0 Å². The van der Waals surface area contributed by atoms with E-state index in [4.69, 9.17) is 24.1 Å². The Hall–Kier alpha value is -1.30. The molecule has 10 nitrogen and oxygen atoms in total. The Morgan fingerprint density at radius 3 is 2.42 bits per heavy atom. The van der Waals surface area contributed by atoms with E-state index in [1.807, 2.05) is 0 Å². The summed E-state index contributed by atoms with van der Waals surface area (Å²) >= 11 is 0. The first kappa shape index (κ1) is 20.7. The molecule has 0 aromatic rings. The molecule has 10 heteroatoms. The number of methoxy groups -OCH3 is 2. The minimum Gasteiger partial charge on any atom is -0.544 e. The number of quaternary nitrogens is 1. The van der Waals surface area contributed by atoms with E-state index in [1.165, 1.54) is 14.2 Å². The minimum atomic E-state index is -1.37. The van der Waals surface area contributed by atoms with E-state index in [0.29, 0.717) is 19.3 Å². The van der Waals surface area contributed by atoms with Crippen LogP contribution in [0.1, 0.15) is 19.3 Å². The van der Waals surface area contributed by atoms with Crippen LogP contribution < -0.4 is 10.8 Å². The maximum atomic E-state index is 11.2. The molecule has 0 amide bonds. The highest BCUT2D eigenvalue weighted by atomic mass is 16.7. The van der Waals surface area contributed by atoms with Gasteiger partial charge in [0.25, 0.3) is 0 Å². The Kier molecular flexibility index (Phi) is 8.53. The first-order chi connectivity index (χ1) is 11.3. The van der Waals surface area contributed by atoms with Crippen molar-refractivity contribution in [2.75, 3.05) is 20.8 Å². The normalized spacial score (nSPS) is 31.6. The summed E-state index contributed by atoms with van der Waals surface area (Å²) in [5.41, 5.74) is 3.45. The number of aliphatic hydroxyl groups is 1. The third kappa shape index (κ3) is 5.36. The SMILES string of the molecule is COC1OC(C(=O)O)[C@@H](OC)[C@H](O)[C@H]1OCCCCC([NH3+])C(=O)[O-]. The van der Waals surface area contributed by atoms with Crippen LogP contribution in [0.15, 0.2) is 0 Å². The maximum absolute atomic E-state index is 11.2. The lowest BCUT2D eigenvalue weighted by Crippen LogP contribution is -2.68. The van der Waals surface area contributed by atoms with Gasteiger partial charge in [0, 0.05) is 27.2 Å². The highest BCUT2D eigenvalue weighted by molar-refractivity contribution is 5.73. The second-order valence-corrected chi connectivity index (χ2v) is 5.54. The molecule has 0 bridgehead atoms. The molecule has 5 N–H and O–H groups in total. The van der Waals surface area contributed by atoms with Gasteiger partial charge in [0.2, 0.25) is 0 Å². The van der Waals surface area contributed by atoms with Crippen LogP contribution in [-0.4, -0.2) is 79.7 Å². The van der Waals surface area contributed by atoms with Crippen LogP contribution in [0.25, 0.3) is 0 Å². The molecule has 1 aliphatic heterocycles.